The van der Waals surface area contributed by atoms with Gasteiger partial charge in [0.25, 0.3) is 0 Å². The fourth-order valence-corrected chi connectivity index (χ4v) is 0.406. The van der Waals surface area contributed by atoms with E-state index < -0.39 is 6.03 Å². The second kappa shape index (κ2) is 4.65. The number of carbonyl (C=O) groups is 1. The summed E-state index contributed by atoms with van der Waals surface area (Å²) in [7, 11) is 3.40. The van der Waals surface area contributed by atoms with E-state index in [1.807, 2.05) is 13.8 Å². The van der Waals surface area contributed by atoms with Crippen LogP contribution in [0.2, 0.25) is 0 Å². The molecular formula is C6H14N4O. The van der Waals surface area contributed by atoms with Gasteiger partial charge in [-0.3, -0.25) is 5.01 Å². The molecule has 0 aromatic heterocycles. The van der Waals surface area contributed by atoms with Crippen molar-refractivity contribution in [1.82, 2.24) is 10.3 Å². The van der Waals surface area contributed by atoms with E-state index in [2.05, 4.69) is 15.7 Å². The van der Waals surface area contributed by atoms with Gasteiger partial charge in [-0.15, -0.1) is 0 Å². The number of nitrogens with zero attached hydrogens (tertiary/aromatic N) is 3. The smallest absolute Gasteiger partial charge is 0.333 e. The predicted molar refractivity (Wildman–Crippen MR) is 42.2 cm³/mol. The summed E-state index contributed by atoms with van der Waals surface area (Å²) in [6.45, 7) is 3.73. The second-order valence-corrected chi connectivity index (χ2v) is 2.64. The maximum absolute atomic E-state index is 10.8. The van der Waals surface area contributed by atoms with Gasteiger partial charge in [-0.05, 0) is 13.8 Å². The highest BCUT2D eigenvalue weighted by Gasteiger charge is 1.98. The number of urea groups is 1. The molecule has 0 radical (unpaired) electrons. The average Bonchev–Trinajstić information content (AvgIpc) is 1.82. The lowest BCUT2D eigenvalue weighted by Crippen LogP contribution is -2.27. The molecule has 5 heteroatoms. The number of nitrogens with one attached hydrogen (secondary N) is 1. The molecule has 5 nitrogen and oxygen atoms in total. The highest BCUT2D eigenvalue weighted by molar-refractivity contribution is 5.74. The Bertz CT molecular complexity index is 153. The van der Waals surface area contributed by atoms with Crippen LogP contribution >= 0.6 is 0 Å². The predicted octanol–water partition coefficient (Wildman–Crippen LogP) is 1.03. The lowest BCUT2D eigenvalue weighted by Gasteiger charge is -2.04. The molecule has 0 aromatic rings. The Hall–Kier alpha value is -1.13. The van der Waals surface area contributed by atoms with Crippen molar-refractivity contribution in [2.45, 2.75) is 19.9 Å². The van der Waals surface area contributed by atoms with Gasteiger partial charge in [0.2, 0.25) is 0 Å². The molecule has 0 aliphatic heterocycles. The number of hydrogen-bond donors (Lipinski definition) is 1. The van der Waals surface area contributed by atoms with Crippen LogP contribution in [0.1, 0.15) is 13.8 Å². The van der Waals surface area contributed by atoms with Crippen molar-refractivity contribution in [1.29, 1.82) is 0 Å². The van der Waals surface area contributed by atoms with Crippen LogP contribution in [-0.4, -0.2) is 31.2 Å². The minimum absolute atomic E-state index is 0.101. The molecule has 11 heavy (non-hydrogen) atoms. The van der Waals surface area contributed by atoms with Gasteiger partial charge in [-0.2, -0.15) is 0 Å². The first-order chi connectivity index (χ1) is 5.02. The molecule has 0 spiro atoms. The molecule has 0 fully saturated rings. The Kier molecular flexibility index (Phi) is 4.17. The van der Waals surface area contributed by atoms with Crippen LogP contribution in [0.5, 0.6) is 0 Å². The van der Waals surface area contributed by atoms with Crippen LogP contribution in [0.4, 0.5) is 4.79 Å². The normalized spacial score (nSPS) is 10.6. The van der Waals surface area contributed by atoms with E-state index >= 15 is 0 Å². The van der Waals surface area contributed by atoms with E-state index in [0.717, 1.165) is 0 Å². The maximum Gasteiger partial charge on any atom is 0.361 e. The van der Waals surface area contributed by atoms with Crippen LogP contribution < -0.4 is 5.32 Å². The minimum Gasteiger partial charge on any atom is -0.333 e. The molecular weight excluding hydrogens is 144 g/mol. The van der Waals surface area contributed by atoms with Crippen molar-refractivity contribution in [2.24, 2.45) is 10.3 Å². The van der Waals surface area contributed by atoms with Crippen molar-refractivity contribution >= 4 is 6.03 Å². The Balaban J connectivity index is 3.69. The molecule has 64 valence electrons. The highest BCUT2D eigenvalue weighted by atomic mass is 16.2. The van der Waals surface area contributed by atoms with Gasteiger partial charge in [-0.1, -0.05) is 10.3 Å². The summed E-state index contributed by atoms with van der Waals surface area (Å²) in [6, 6.07) is -0.308. The van der Waals surface area contributed by atoms with Crippen LogP contribution in [-0.2, 0) is 0 Å². The topological polar surface area (TPSA) is 57.1 Å². The third kappa shape index (κ3) is 6.76. The number of carbonyl (C=O) groups excluding carboxylic acids is 1. The summed E-state index contributed by atoms with van der Waals surface area (Å²) in [5.41, 5.74) is 0. The Morgan fingerprint density at radius 2 is 2.00 bits per heavy atom. The van der Waals surface area contributed by atoms with Gasteiger partial charge < -0.3 is 5.32 Å². The minimum atomic E-state index is -0.409. The molecule has 0 unspecified atom stereocenters. The quantitative estimate of drug-likeness (QED) is 0.482. The summed E-state index contributed by atoms with van der Waals surface area (Å²) in [5, 5.41) is 10.9. The molecule has 0 saturated heterocycles. The molecule has 1 N–H and O–H groups in total. The summed E-state index contributed by atoms with van der Waals surface area (Å²) in [5.74, 6) is 0. The van der Waals surface area contributed by atoms with Crippen molar-refractivity contribution < 1.29 is 4.79 Å². The SMILES string of the molecule is CC(C)NC(=O)/N=N/N(C)C. The van der Waals surface area contributed by atoms with E-state index in [1.165, 1.54) is 5.01 Å². The molecule has 0 rings (SSSR count). The maximum atomic E-state index is 10.8. The van der Waals surface area contributed by atoms with Gasteiger partial charge in [0.15, 0.2) is 0 Å². The van der Waals surface area contributed by atoms with E-state index in [0.29, 0.717) is 0 Å². The fourth-order valence-electron chi connectivity index (χ4n) is 0.406. The molecule has 0 atom stereocenters. The van der Waals surface area contributed by atoms with E-state index in [9.17, 15) is 4.79 Å². The standard InChI is InChI=1S/C6H14N4O/c1-5(2)7-6(11)8-9-10(3)4/h5H,1-4H3,(H,7,11)/b9-8+. The summed E-state index contributed by atoms with van der Waals surface area (Å²) < 4.78 is 0. The van der Waals surface area contributed by atoms with Gasteiger partial charge in [-0.25, -0.2) is 4.79 Å². The van der Waals surface area contributed by atoms with E-state index in [-0.39, 0.29) is 6.04 Å². The molecule has 0 saturated carbocycles. The molecule has 0 aliphatic carbocycles. The fraction of sp³-hybridized carbons (Fsp3) is 0.833. The molecule has 0 bridgehead atoms. The first kappa shape index (κ1) is 9.87. The zero-order chi connectivity index (χ0) is 8.85. The van der Waals surface area contributed by atoms with Crippen molar-refractivity contribution in [2.75, 3.05) is 14.1 Å². The van der Waals surface area contributed by atoms with Gasteiger partial charge in [0.1, 0.15) is 0 Å². The van der Waals surface area contributed by atoms with Gasteiger partial charge in [0.05, 0.1) is 0 Å². The first-order valence-electron chi connectivity index (χ1n) is 3.42. The van der Waals surface area contributed by atoms with Gasteiger partial charge >= 0.3 is 6.03 Å². The molecule has 0 aliphatic rings. The zero-order valence-electron chi connectivity index (χ0n) is 7.33. The van der Waals surface area contributed by atoms with Crippen LogP contribution in [0.3, 0.4) is 0 Å². The summed E-state index contributed by atoms with van der Waals surface area (Å²) in [6.07, 6.45) is 0. The average molecular weight is 158 g/mol. The summed E-state index contributed by atoms with van der Waals surface area (Å²) in [4.78, 5) is 10.8. The largest absolute Gasteiger partial charge is 0.361 e. The lowest BCUT2D eigenvalue weighted by molar-refractivity contribution is 0.242. The monoisotopic (exact) mass is 158 g/mol. The Morgan fingerprint density at radius 1 is 1.45 bits per heavy atom. The van der Waals surface area contributed by atoms with Crippen LogP contribution in [0, 0.1) is 0 Å². The molecule has 0 heterocycles. The van der Waals surface area contributed by atoms with Crippen molar-refractivity contribution in [3.8, 4) is 0 Å². The first-order valence-corrected chi connectivity index (χ1v) is 3.42. The van der Waals surface area contributed by atoms with Crippen LogP contribution in [0.25, 0.3) is 0 Å². The molecule has 2 amide bonds. The van der Waals surface area contributed by atoms with Crippen LogP contribution in [0.15, 0.2) is 10.3 Å². The number of hydrogen-bond acceptors (Lipinski definition) is 2. The Morgan fingerprint density at radius 3 is 2.36 bits per heavy atom. The Labute approximate surface area is 66.5 Å². The lowest BCUT2D eigenvalue weighted by atomic mass is 10.4. The van der Waals surface area contributed by atoms with E-state index in [4.69, 9.17) is 0 Å². The number of rotatable bonds is 2. The summed E-state index contributed by atoms with van der Waals surface area (Å²) >= 11 is 0. The molecule has 0 aromatic carbocycles. The van der Waals surface area contributed by atoms with Gasteiger partial charge in [0, 0.05) is 20.1 Å². The van der Waals surface area contributed by atoms with Crippen molar-refractivity contribution in [3.05, 3.63) is 0 Å². The third-order valence-corrected chi connectivity index (χ3v) is 0.727. The third-order valence-electron chi connectivity index (χ3n) is 0.727. The highest BCUT2D eigenvalue weighted by Crippen LogP contribution is 1.83. The zero-order valence-corrected chi connectivity index (χ0v) is 7.33. The second-order valence-electron chi connectivity index (χ2n) is 2.64. The van der Waals surface area contributed by atoms with Crippen molar-refractivity contribution in [3.63, 3.8) is 0 Å². The number of amides is 2. The van der Waals surface area contributed by atoms with E-state index in [1.54, 1.807) is 14.1 Å².